The molecule has 4 aliphatic rings. The summed E-state index contributed by atoms with van der Waals surface area (Å²) in [6.07, 6.45) is 8.47. The minimum absolute atomic E-state index is 0.238. The monoisotopic (exact) mass is 310 g/mol. The Kier molecular flexibility index (Phi) is 2.97. The molecule has 4 aliphatic carbocycles. The number of pyridine rings is 1. The minimum atomic E-state index is 0.238. The van der Waals surface area contributed by atoms with Crippen LogP contribution in [0.2, 0.25) is 0 Å². The lowest BCUT2D eigenvalue weighted by Crippen LogP contribution is -2.50. The molecule has 4 fully saturated rings. The van der Waals surface area contributed by atoms with Crippen molar-refractivity contribution in [3.63, 3.8) is 0 Å². The van der Waals surface area contributed by atoms with Gasteiger partial charge in [-0.2, -0.15) is 0 Å². The maximum absolute atomic E-state index is 12.8. The van der Waals surface area contributed by atoms with Gasteiger partial charge in [0.05, 0.1) is 6.54 Å². The van der Waals surface area contributed by atoms with E-state index in [1.54, 1.807) is 0 Å². The van der Waals surface area contributed by atoms with Gasteiger partial charge in [0.2, 0.25) is 5.91 Å². The van der Waals surface area contributed by atoms with Crippen LogP contribution in [-0.4, -0.2) is 20.5 Å². The Hall–Kier alpha value is -1.91. The van der Waals surface area contributed by atoms with Gasteiger partial charge in [-0.1, -0.05) is 6.07 Å². The molecule has 0 unspecified atom stereocenters. The number of fused-ring (bicyclic) bond motifs is 1. The molecule has 23 heavy (non-hydrogen) atoms. The fraction of sp³-hybridized carbons (Fsp3) is 0.611. The molecule has 0 atom stereocenters. The average molecular weight is 310 g/mol. The topological polar surface area (TPSA) is 59.3 Å². The number of nitrogens with zero attached hydrogens (tertiary/aromatic N) is 3. The van der Waals surface area contributed by atoms with Gasteiger partial charge in [-0.3, -0.25) is 9.20 Å². The van der Waals surface area contributed by atoms with Crippen LogP contribution in [0, 0.1) is 29.6 Å². The molecule has 4 bridgehead atoms. The predicted molar refractivity (Wildman–Crippen MR) is 85.4 cm³/mol. The summed E-state index contributed by atoms with van der Waals surface area (Å²) in [7, 11) is 0. The number of carbonyl (C=O) groups excluding carboxylic acids is 1. The highest BCUT2D eigenvalue weighted by Crippen LogP contribution is 2.56. The molecule has 0 saturated heterocycles. The minimum Gasteiger partial charge on any atom is -0.349 e. The molecule has 5 nitrogen and oxygen atoms in total. The molecular formula is C18H22N4O. The Morgan fingerprint density at radius 3 is 2.57 bits per heavy atom. The van der Waals surface area contributed by atoms with Gasteiger partial charge in [-0.15, -0.1) is 10.2 Å². The van der Waals surface area contributed by atoms with E-state index in [0.717, 1.165) is 23.3 Å². The van der Waals surface area contributed by atoms with Crippen LogP contribution in [0.4, 0.5) is 0 Å². The van der Waals surface area contributed by atoms with Crippen LogP contribution in [0.5, 0.6) is 0 Å². The fourth-order valence-electron chi connectivity index (χ4n) is 5.65. The zero-order valence-corrected chi connectivity index (χ0v) is 13.2. The van der Waals surface area contributed by atoms with E-state index in [9.17, 15) is 4.79 Å². The molecule has 0 aromatic carbocycles. The number of carbonyl (C=O) groups is 1. The number of hydrogen-bond donors (Lipinski definition) is 1. The first-order valence-corrected chi connectivity index (χ1v) is 8.84. The summed E-state index contributed by atoms with van der Waals surface area (Å²) < 4.78 is 1.94. The summed E-state index contributed by atoms with van der Waals surface area (Å²) >= 11 is 0. The molecular weight excluding hydrogens is 288 g/mol. The van der Waals surface area contributed by atoms with Gasteiger partial charge in [-0.05, 0) is 67.9 Å². The lowest BCUT2D eigenvalue weighted by Gasteiger charge is -2.53. The molecule has 4 saturated carbocycles. The maximum Gasteiger partial charge on any atom is 0.224 e. The van der Waals surface area contributed by atoms with E-state index in [4.69, 9.17) is 0 Å². The predicted octanol–water partition coefficient (Wildman–Crippen LogP) is 2.42. The first-order valence-electron chi connectivity index (χ1n) is 8.84. The highest BCUT2D eigenvalue weighted by molar-refractivity contribution is 5.79. The van der Waals surface area contributed by atoms with E-state index in [2.05, 4.69) is 15.5 Å². The maximum atomic E-state index is 12.8. The normalized spacial score (nSPS) is 34.9. The third-order valence-corrected chi connectivity index (χ3v) is 6.33. The lowest BCUT2D eigenvalue weighted by atomic mass is 9.51. The van der Waals surface area contributed by atoms with Crippen LogP contribution in [0.15, 0.2) is 24.4 Å². The van der Waals surface area contributed by atoms with Crippen molar-refractivity contribution in [2.75, 3.05) is 0 Å². The lowest BCUT2D eigenvalue weighted by molar-refractivity contribution is -0.138. The molecule has 2 aromatic heterocycles. The van der Waals surface area contributed by atoms with Gasteiger partial charge >= 0.3 is 0 Å². The zero-order valence-electron chi connectivity index (χ0n) is 13.2. The second-order valence-electron chi connectivity index (χ2n) is 7.72. The van der Waals surface area contributed by atoms with Crippen LogP contribution >= 0.6 is 0 Å². The van der Waals surface area contributed by atoms with Crippen molar-refractivity contribution in [3.05, 3.63) is 30.2 Å². The Balaban J connectivity index is 1.30. The molecule has 1 N–H and O–H groups in total. The van der Waals surface area contributed by atoms with Crippen molar-refractivity contribution in [1.29, 1.82) is 0 Å². The van der Waals surface area contributed by atoms with Crippen LogP contribution in [-0.2, 0) is 11.3 Å². The summed E-state index contributed by atoms with van der Waals surface area (Å²) in [5.74, 6) is 4.35. The molecule has 6 rings (SSSR count). The first kappa shape index (κ1) is 13.5. The van der Waals surface area contributed by atoms with Crippen molar-refractivity contribution < 1.29 is 4.79 Å². The highest BCUT2D eigenvalue weighted by Gasteiger charge is 2.50. The van der Waals surface area contributed by atoms with E-state index >= 15 is 0 Å². The van der Waals surface area contributed by atoms with E-state index in [-0.39, 0.29) is 11.8 Å². The second kappa shape index (κ2) is 5.05. The third kappa shape index (κ3) is 2.17. The molecule has 5 heteroatoms. The van der Waals surface area contributed by atoms with E-state index in [1.165, 1.54) is 32.1 Å². The van der Waals surface area contributed by atoms with Crippen molar-refractivity contribution in [3.8, 4) is 0 Å². The molecule has 2 aromatic rings. The molecule has 0 radical (unpaired) electrons. The van der Waals surface area contributed by atoms with Gasteiger partial charge < -0.3 is 5.32 Å². The number of rotatable bonds is 3. The number of aromatic nitrogens is 3. The van der Waals surface area contributed by atoms with Crippen LogP contribution in [0.25, 0.3) is 5.65 Å². The Morgan fingerprint density at radius 1 is 1.09 bits per heavy atom. The van der Waals surface area contributed by atoms with Crippen molar-refractivity contribution in [2.45, 2.75) is 38.6 Å². The van der Waals surface area contributed by atoms with Gasteiger partial charge in [-0.25, -0.2) is 0 Å². The fourth-order valence-corrected chi connectivity index (χ4v) is 5.65. The Morgan fingerprint density at radius 2 is 1.83 bits per heavy atom. The molecule has 2 heterocycles. The molecule has 120 valence electrons. The van der Waals surface area contributed by atoms with E-state index in [1.807, 2.05) is 28.8 Å². The Bertz CT molecular complexity index is 724. The van der Waals surface area contributed by atoms with Crippen molar-refractivity contribution in [1.82, 2.24) is 19.9 Å². The number of amides is 1. The summed E-state index contributed by atoms with van der Waals surface area (Å²) in [6.45, 7) is 0.465. The summed E-state index contributed by atoms with van der Waals surface area (Å²) in [5.41, 5.74) is 0.825. The van der Waals surface area contributed by atoms with Crippen LogP contribution in [0.3, 0.4) is 0 Å². The highest BCUT2D eigenvalue weighted by atomic mass is 16.1. The third-order valence-electron chi connectivity index (χ3n) is 6.33. The Labute approximate surface area is 135 Å². The SMILES string of the molecule is O=C(NCc1nnc2ccccn12)C1C2CC3CC(C2)CC1C3. The van der Waals surface area contributed by atoms with Gasteiger partial charge in [0.1, 0.15) is 0 Å². The molecule has 0 spiro atoms. The quantitative estimate of drug-likeness (QED) is 0.947. The second-order valence-corrected chi connectivity index (χ2v) is 7.72. The van der Waals surface area contributed by atoms with Gasteiger partial charge in [0, 0.05) is 12.1 Å². The average Bonchev–Trinajstić information content (AvgIpc) is 2.95. The molecule has 1 amide bonds. The first-order chi connectivity index (χ1) is 11.3. The summed E-state index contributed by atoms with van der Waals surface area (Å²) in [6, 6.07) is 5.83. The van der Waals surface area contributed by atoms with Crippen molar-refractivity contribution in [2.24, 2.45) is 29.6 Å². The number of hydrogen-bond acceptors (Lipinski definition) is 3. The van der Waals surface area contributed by atoms with Crippen LogP contribution < -0.4 is 5.32 Å². The van der Waals surface area contributed by atoms with E-state index in [0.29, 0.717) is 18.4 Å². The number of nitrogens with one attached hydrogen (secondary N) is 1. The van der Waals surface area contributed by atoms with Gasteiger partial charge in [0.25, 0.3) is 0 Å². The summed E-state index contributed by atoms with van der Waals surface area (Å²) in [5, 5.41) is 11.5. The zero-order chi connectivity index (χ0) is 15.4. The standard InChI is InChI=1S/C18H22N4O/c23-18(17-13-6-11-5-12(8-13)9-14(17)7-11)19-10-16-21-20-15-3-1-2-4-22(15)16/h1-4,11-14,17H,5-10H2,(H,19,23). The van der Waals surface area contributed by atoms with E-state index < -0.39 is 0 Å². The summed E-state index contributed by atoms with van der Waals surface area (Å²) in [4.78, 5) is 12.8. The smallest absolute Gasteiger partial charge is 0.224 e. The van der Waals surface area contributed by atoms with Gasteiger partial charge in [0.15, 0.2) is 11.5 Å². The van der Waals surface area contributed by atoms with Crippen molar-refractivity contribution >= 4 is 11.6 Å². The molecule has 0 aliphatic heterocycles. The van der Waals surface area contributed by atoms with Crippen LogP contribution in [0.1, 0.15) is 37.9 Å². The largest absolute Gasteiger partial charge is 0.349 e.